The zero-order valence-electron chi connectivity index (χ0n) is 15.5. The minimum atomic E-state index is -0.0674. The minimum Gasteiger partial charge on any atom is -0.309 e. The fourth-order valence-corrected chi connectivity index (χ4v) is 5.15. The fourth-order valence-electron chi connectivity index (χ4n) is 3.23. The second-order valence-corrected chi connectivity index (χ2v) is 9.06. The Bertz CT molecular complexity index is 1220. The van der Waals surface area contributed by atoms with Crippen molar-refractivity contribution in [3.8, 4) is 11.4 Å². The van der Waals surface area contributed by atoms with Gasteiger partial charge in [-0.15, -0.1) is 21.5 Å². The van der Waals surface area contributed by atoms with E-state index in [4.69, 9.17) is 0 Å². The van der Waals surface area contributed by atoms with Gasteiger partial charge in [0.1, 0.15) is 10.7 Å². The van der Waals surface area contributed by atoms with Crippen LogP contribution in [0.25, 0.3) is 21.6 Å². The van der Waals surface area contributed by atoms with Gasteiger partial charge in [-0.3, -0.25) is 14.3 Å². The molecule has 1 aliphatic rings. The molecule has 4 heterocycles. The highest BCUT2D eigenvalue weighted by Gasteiger charge is 2.30. The van der Waals surface area contributed by atoms with E-state index in [1.54, 1.807) is 29.3 Å². The van der Waals surface area contributed by atoms with E-state index < -0.39 is 0 Å². The molecule has 0 bridgehead atoms. The van der Waals surface area contributed by atoms with Gasteiger partial charge in [-0.2, -0.15) is 0 Å². The number of aromatic nitrogens is 6. The van der Waals surface area contributed by atoms with Gasteiger partial charge in [-0.1, -0.05) is 11.8 Å². The van der Waals surface area contributed by atoms with Crippen LogP contribution in [0.2, 0.25) is 0 Å². The molecule has 0 aliphatic heterocycles. The summed E-state index contributed by atoms with van der Waals surface area (Å²) in [5.41, 5.74) is 1.91. The maximum absolute atomic E-state index is 12.5. The molecule has 28 heavy (non-hydrogen) atoms. The molecule has 142 valence electrons. The first-order chi connectivity index (χ1) is 13.6. The lowest BCUT2D eigenvalue weighted by molar-refractivity contribution is 0.669. The van der Waals surface area contributed by atoms with Gasteiger partial charge in [0.05, 0.1) is 11.1 Å². The molecular weight excluding hydrogens is 392 g/mol. The van der Waals surface area contributed by atoms with Crippen molar-refractivity contribution in [3.05, 3.63) is 51.1 Å². The van der Waals surface area contributed by atoms with Crippen LogP contribution in [0.3, 0.4) is 0 Å². The average molecular weight is 411 g/mol. The van der Waals surface area contributed by atoms with Crippen molar-refractivity contribution in [3.63, 3.8) is 0 Å². The predicted octanol–water partition coefficient (Wildman–Crippen LogP) is 3.88. The third-order valence-electron chi connectivity index (χ3n) is 4.92. The Labute approximate surface area is 169 Å². The van der Waals surface area contributed by atoms with Crippen LogP contribution in [0.1, 0.15) is 35.1 Å². The molecule has 0 spiro atoms. The molecule has 0 saturated heterocycles. The van der Waals surface area contributed by atoms with Crippen LogP contribution >= 0.6 is 23.1 Å². The third kappa shape index (κ3) is 3.04. The van der Waals surface area contributed by atoms with Gasteiger partial charge in [-0.25, -0.2) is 4.98 Å². The molecule has 9 heteroatoms. The summed E-state index contributed by atoms with van der Waals surface area (Å²) in [4.78, 5) is 26.2. The van der Waals surface area contributed by atoms with Crippen LogP contribution < -0.4 is 5.56 Å². The number of aryl methyl sites for hydroxylation is 2. The van der Waals surface area contributed by atoms with Crippen LogP contribution in [0.4, 0.5) is 0 Å². The van der Waals surface area contributed by atoms with E-state index in [-0.39, 0.29) is 5.56 Å². The van der Waals surface area contributed by atoms with Crippen molar-refractivity contribution < 1.29 is 0 Å². The fraction of sp³-hybridized carbons (Fsp3) is 0.316. The first-order valence-electron chi connectivity index (χ1n) is 9.09. The molecule has 1 N–H and O–H groups in total. The third-order valence-corrected chi connectivity index (χ3v) is 6.98. The number of hydrogen-bond donors (Lipinski definition) is 1. The number of thioether (sulfide) groups is 1. The van der Waals surface area contributed by atoms with Crippen molar-refractivity contribution >= 4 is 33.3 Å². The second-order valence-electron chi connectivity index (χ2n) is 6.91. The Morgan fingerprint density at radius 1 is 1.32 bits per heavy atom. The van der Waals surface area contributed by atoms with E-state index >= 15 is 0 Å². The topological polar surface area (TPSA) is 89.3 Å². The number of nitrogens with one attached hydrogen (secondary N) is 1. The molecule has 0 aromatic carbocycles. The van der Waals surface area contributed by atoms with Gasteiger partial charge >= 0.3 is 0 Å². The Morgan fingerprint density at radius 3 is 2.93 bits per heavy atom. The Kier molecular flexibility index (Phi) is 4.28. The molecule has 1 aliphatic carbocycles. The molecule has 0 amide bonds. The highest BCUT2D eigenvalue weighted by atomic mass is 32.2. The number of rotatable bonds is 5. The molecule has 0 atom stereocenters. The number of aromatic amines is 1. The van der Waals surface area contributed by atoms with Crippen LogP contribution in [-0.4, -0.2) is 29.7 Å². The Balaban J connectivity index is 1.45. The van der Waals surface area contributed by atoms with Crippen LogP contribution in [-0.2, 0) is 5.75 Å². The quantitative estimate of drug-likeness (QED) is 0.502. The average Bonchev–Trinajstić information content (AvgIpc) is 3.38. The number of nitrogens with zero attached hydrogens (tertiary/aromatic N) is 5. The maximum atomic E-state index is 12.5. The van der Waals surface area contributed by atoms with Gasteiger partial charge in [-0.05, 0) is 44.4 Å². The summed E-state index contributed by atoms with van der Waals surface area (Å²) in [7, 11) is 0. The smallest absolute Gasteiger partial charge is 0.259 e. The first kappa shape index (κ1) is 17.6. The summed E-state index contributed by atoms with van der Waals surface area (Å²) in [5.74, 6) is 2.05. The van der Waals surface area contributed by atoms with Crippen LogP contribution in [0.5, 0.6) is 0 Å². The highest BCUT2D eigenvalue weighted by molar-refractivity contribution is 7.98. The molecule has 7 nitrogen and oxygen atoms in total. The number of thiophene rings is 1. The van der Waals surface area contributed by atoms with E-state index in [0.29, 0.717) is 23.0 Å². The molecule has 0 radical (unpaired) electrons. The lowest BCUT2D eigenvalue weighted by Gasteiger charge is -2.08. The van der Waals surface area contributed by atoms with Gasteiger partial charge in [0.15, 0.2) is 11.0 Å². The molecular formula is C19H18N6OS2. The van der Waals surface area contributed by atoms with Crippen LogP contribution in [0, 0.1) is 13.8 Å². The summed E-state index contributed by atoms with van der Waals surface area (Å²) in [6, 6.07) is 4.34. The normalized spacial score (nSPS) is 14.1. The lowest BCUT2D eigenvalue weighted by atomic mass is 10.2. The van der Waals surface area contributed by atoms with Crippen molar-refractivity contribution in [1.82, 2.24) is 29.7 Å². The van der Waals surface area contributed by atoms with E-state index in [1.165, 1.54) is 0 Å². The van der Waals surface area contributed by atoms with Gasteiger partial charge in [0, 0.05) is 28.9 Å². The molecule has 4 aromatic heterocycles. The number of H-pyrrole nitrogens is 1. The largest absolute Gasteiger partial charge is 0.309 e. The van der Waals surface area contributed by atoms with Crippen molar-refractivity contribution in [2.24, 2.45) is 0 Å². The summed E-state index contributed by atoms with van der Waals surface area (Å²) >= 11 is 3.12. The lowest BCUT2D eigenvalue weighted by Crippen LogP contribution is -2.11. The summed E-state index contributed by atoms with van der Waals surface area (Å²) in [6.07, 6.45) is 5.83. The zero-order valence-corrected chi connectivity index (χ0v) is 17.1. The van der Waals surface area contributed by atoms with Crippen molar-refractivity contribution in [2.45, 2.75) is 43.6 Å². The van der Waals surface area contributed by atoms with Gasteiger partial charge < -0.3 is 4.98 Å². The highest BCUT2D eigenvalue weighted by Crippen LogP contribution is 2.41. The number of pyridine rings is 1. The SMILES string of the molecule is Cc1sc2nc(CSc3nnc(-c4cccnc4)n3C3CC3)[nH]c(=O)c2c1C. The Morgan fingerprint density at radius 2 is 2.18 bits per heavy atom. The molecule has 4 aromatic rings. The van der Waals surface area contributed by atoms with Gasteiger partial charge in [0.25, 0.3) is 5.56 Å². The second kappa shape index (κ2) is 6.82. The Hall–Kier alpha value is -2.52. The summed E-state index contributed by atoms with van der Waals surface area (Å²) in [5, 5.41) is 10.4. The van der Waals surface area contributed by atoms with E-state index in [2.05, 4.69) is 29.7 Å². The van der Waals surface area contributed by atoms with Crippen molar-refractivity contribution in [1.29, 1.82) is 0 Å². The maximum Gasteiger partial charge on any atom is 0.259 e. The minimum absolute atomic E-state index is 0.0674. The van der Waals surface area contributed by atoms with Crippen molar-refractivity contribution in [2.75, 3.05) is 0 Å². The summed E-state index contributed by atoms with van der Waals surface area (Å²) < 4.78 is 2.19. The van der Waals surface area contributed by atoms with E-state index in [0.717, 1.165) is 44.7 Å². The molecule has 0 unspecified atom stereocenters. The standard InChI is InChI=1S/C19H18N6OS2/c1-10-11(2)28-18-15(10)17(26)21-14(22-18)9-27-19-24-23-16(25(19)13-5-6-13)12-4-3-7-20-8-12/h3-4,7-8,13H,5-6,9H2,1-2H3,(H,21,22,26). The van der Waals surface area contributed by atoms with E-state index in [9.17, 15) is 4.79 Å². The first-order valence-corrected chi connectivity index (χ1v) is 10.9. The van der Waals surface area contributed by atoms with E-state index in [1.807, 2.05) is 32.2 Å². The number of fused-ring (bicyclic) bond motifs is 1. The number of hydrogen-bond acceptors (Lipinski definition) is 7. The molecule has 1 saturated carbocycles. The molecule has 5 rings (SSSR count). The zero-order chi connectivity index (χ0) is 19.3. The summed E-state index contributed by atoms with van der Waals surface area (Å²) in [6.45, 7) is 3.99. The predicted molar refractivity (Wildman–Crippen MR) is 111 cm³/mol. The van der Waals surface area contributed by atoms with Crippen LogP contribution in [0.15, 0.2) is 34.5 Å². The monoisotopic (exact) mass is 410 g/mol. The molecule has 1 fully saturated rings. The van der Waals surface area contributed by atoms with Gasteiger partial charge in [0.2, 0.25) is 0 Å².